The molecule has 2 saturated carbocycles. The van der Waals surface area contributed by atoms with Crippen molar-refractivity contribution in [2.24, 2.45) is 0 Å². The zero-order chi connectivity index (χ0) is 12.4. The van der Waals surface area contributed by atoms with Crippen LogP contribution in [0.1, 0.15) is 51.4 Å². The molecule has 17 heavy (non-hydrogen) atoms. The van der Waals surface area contributed by atoms with Crippen LogP contribution in [0.3, 0.4) is 0 Å². The molecule has 6 heteroatoms. The van der Waals surface area contributed by atoms with E-state index in [0.29, 0.717) is 12.8 Å². The largest absolute Gasteiger partial charge is 0.389 e. The third-order valence-corrected chi connectivity index (χ3v) is 4.97. The Morgan fingerprint density at radius 2 is 1.71 bits per heavy atom. The molecule has 2 aliphatic rings. The lowest BCUT2D eigenvalue weighted by molar-refractivity contribution is 0.0530. The third-order valence-electron chi connectivity index (χ3n) is 3.80. The van der Waals surface area contributed by atoms with E-state index in [-0.39, 0.29) is 12.6 Å². The highest BCUT2D eigenvalue weighted by Crippen LogP contribution is 2.28. The van der Waals surface area contributed by atoms with E-state index in [4.69, 9.17) is 0 Å². The van der Waals surface area contributed by atoms with E-state index in [1.807, 2.05) is 0 Å². The van der Waals surface area contributed by atoms with Gasteiger partial charge in [0.25, 0.3) is 10.2 Å². The summed E-state index contributed by atoms with van der Waals surface area (Å²) in [5.74, 6) is 0. The summed E-state index contributed by atoms with van der Waals surface area (Å²) < 4.78 is 28.6. The Labute approximate surface area is 103 Å². The van der Waals surface area contributed by atoms with Gasteiger partial charge < -0.3 is 5.11 Å². The Kier molecular flexibility index (Phi) is 4.07. The molecule has 0 aromatic rings. The molecule has 2 rings (SSSR count). The molecule has 5 nitrogen and oxygen atoms in total. The molecule has 0 heterocycles. The summed E-state index contributed by atoms with van der Waals surface area (Å²) in [6.07, 6.45) is 7.38. The maximum absolute atomic E-state index is 11.8. The first kappa shape index (κ1) is 13.3. The van der Waals surface area contributed by atoms with Gasteiger partial charge in [-0.25, -0.2) is 0 Å². The molecule has 3 N–H and O–H groups in total. The second-order valence-electron chi connectivity index (χ2n) is 5.36. The molecule has 100 valence electrons. The third kappa shape index (κ3) is 3.91. The number of aliphatic hydroxyl groups is 1. The first-order chi connectivity index (χ1) is 7.99. The standard InChI is InChI=1S/C11H22N2O3S/c14-11(7-3-4-8-11)9-12-17(15,16)13-10-5-1-2-6-10/h10,12-14H,1-9H2. The Hall–Kier alpha value is -0.170. The highest BCUT2D eigenvalue weighted by molar-refractivity contribution is 7.87. The lowest BCUT2D eigenvalue weighted by atomic mass is 10.0. The van der Waals surface area contributed by atoms with Gasteiger partial charge in [0.2, 0.25) is 0 Å². The van der Waals surface area contributed by atoms with Crippen LogP contribution in [0.25, 0.3) is 0 Å². The van der Waals surface area contributed by atoms with Gasteiger partial charge in [-0.3, -0.25) is 0 Å². The van der Waals surface area contributed by atoms with E-state index in [9.17, 15) is 13.5 Å². The van der Waals surface area contributed by atoms with Crippen LogP contribution < -0.4 is 9.44 Å². The van der Waals surface area contributed by atoms with E-state index < -0.39 is 15.8 Å². The van der Waals surface area contributed by atoms with Gasteiger partial charge in [-0.1, -0.05) is 25.7 Å². The molecule has 0 amide bonds. The second kappa shape index (κ2) is 5.22. The molecular formula is C11H22N2O3S. The van der Waals surface area contributed by atoms with Crippen LogP contribution in [0.4, 0.5) is 0 Å². The highest BCUT2D eigenvalue weighted by Gasteiger charge is 2.32. The fraction of sp³-hybridized carbons (Fsp3) is 1.00. The van der Waals surface area contributed by atoms with Crippen LogP contribution in [0.2, 0.25) is 0 Å². The fourth-order valence-corrected chi connectivity index (χ4v) is 3.96. The summed E-state index contributed by atoms with van der Waals surface area (Å²) in [7, 11) is -3.45. The molecule has 0 bridgehead atoms. The average Bonchev–Trinajstić information content (AvgIpc) is 2.88. The van der Waals surface area contributed by atoms with Crippen molar-refractivity contribution < 1.29 is 13.5 Å². The van der Waals surface area contributed by atoms with Crippen molar-refractivity contribution in [2.75, 3.05) is 6.54 Å². The number of hydrogen-bond acceptors (Lipinski definition) is 3. The topological polar surface area (TPSA) is 78.4 Å². The van der Waals surface area contributed by atoms with Gasteiger partial charge in [-0.15, -0.1) is 0 Å². The smallest absolute Gasteiger partial charge is 0.277 e. The molecule has 0 saturated heterocycles. The van der Waals surface area contributed by atoms with Crippen molar-refractivity contribution >= 4 is 10.2 Å². The molecule has 2 fully saturated rings. The van der Waals surface area contributed by atoms with Crippen LogP contribution in [0, 0.1) is 0 Å². The minimum absolute atomic E-state index is 0.0747. The molecule has 0 radical (unpaired) electrons. The molecule has 0 atom stereocenters. The van der Waals surface area contributed by atoms with Crippen molar-refractivity contribution in [2.45, 2.75) is 63.0 Å². The summed E-state index contributed by atoms with van der Waals surface area (Å²) in [5.41, 5.74) is -0.829. The van der Waals surface area contributed by atoms with Crippen LogP contribution in [-0.2, 0) is 10.2 Å². The number of rotatable bonds is 5. The lowest BCUT2D eigenvalue weighted by Gasteiger charge is -2.23. The Balaban J connectivity index is 1.80. The summed E-state index contributed by atoms with van der Waals surface area (Å²) in [6, 6.07) is 0.0747. The van der Waals surface area contributed by atoms with E-state index in [1.54, 1.807) is 0 Å². The van der Waals surface area contributed by atoms with Crippen molar-refractivity contribution in [3.8, 4) is 0 Å². The monoisotopic (exact) mass is 262 g/mol. The maximum atomic E-state index is 11.8. The number of hydrogen-bond donors (Lipinski definition) is 3. The molecule has 2 aliphatic carbocycles. The lowest BCUT2D eigenvalue weighted by Crippen LogP contribution is -2.47. The van der Waals surface area contributed by atoms with Crippen molar-refractivity contribution in [3.63, 3.8) is 0 Å². The molecule has 0 aromatic carbocycles. The first-order valence-electron chi connectivity index (χ1n) is 6.48. The Bertz CT molecular complexity index is 344. The van der Waals surface area contributed by atoms with E-state index in [0.717, 1.165) is 38.5 Å². The van der Waals surface area contributed by atoms with E-state index >= 15 is 0 Å². The Morgan fingerprint density at radius 1 is 1.12 bits per heavy atom. The Morgan fingerprint density at radius 3 is 2.29 bits per heavy atom. The zero-order valence-electron chi connectivity index (χ0n) is 10.1. The molecule has 0 spiro atoms. The van der Waals surface area contributed by atoms with E-state index in [1.165, 1.54) is 0 Å². The SMILES string of the molecule is O=S(=O)(NCC1(O)CCCC1)NC1CCCC1. The molecule has 0 aromatic heterocycles. The van der Waals surface area contributed by atoms with Gasteiger partial charge >= 0.3 is 0 Å². The maximum Gasteiger partial charge on any atom is 0.277 e. The molecular weight excluding hydrogens is 240 g/mol. The predicted octanol–water partition coefficient (Wildman–Crippen LogP) is 0.658. The van der Waals surface area contributed by atoms with Gasteiger partial charge in [0.15, 0.2) is 0 Å². The van der Waals surface area contributed by atoms with Crippen molar-refractivity contribution in [3.05, 3.63) is 0 Å². The van der Waals surface area contributed by atoms with Crippen LogP contribution in [-0.4, -0.2) is 31.7 Å². The molecule has 0 unspecified atom stereocenters. The summed E-state index contributed by atoms with van der Waals surface area (Å²) >= 11 is 0. The summed E-state index contributed by atoms with van der Waals surface area (Å²) in [6.45, 7) is 0.134. The molecule has 0 aliphatic heterocycles. The zero-order valence-corrected chi connectivity index (χ0v) is 10.9. The van der Waals surface area contributed by atoms with Crippen molar-refractivity contribution in [1.29, 1.82) is 0 Å². The average molecular weight is 262 g/mol. The van der Waals surface area contributed by atoms with Crippen LogP contribution in [0.15, 0.2) is 0 Å². The second-order valence-corrected chi connectivity index (χ2v) is 6.89. The van der Waals surface area contributed by atoms with Crippen LogP contribution in [0.5, 0.6) is 0 Å². The van der Waals surface area contributed by atoms with Crippen LogP contribution >= 0.6 is 0 Å². The van der Waals surface area contributed by atoms with Gasteiger partial charge in [-0.2, -0.15) is 17.9 Å². The van der Waals surface area contributed by atoms with E-state index in [2.05, 4.69) is 9.44 Å². The summed E-state index contributed by atoms with van der Waals surface area (Å²) in [5, 5.41) is 10.1. The van der Waals surface area contributed by atoms with Gasteiger partial charge in [0, 0.05) is 12.6 Å². The first-order valence-corrected chi connectivity index (χ1v) is 7.97. The van der Waals surface area contributed by atoms with Gasteiger partial charge in [-0.05, 0) is 25.7 Å². The summed E-state index contributed by atoms with van der Waals surface area (Å²) in [4.78, 5) is 0. The fourth-order valence-electron chi connectivity index (χ4n) is 2.74. The predicted molar refractivity (Wildman–Crippen MR) is 65.7 cm³/mol. The quantitative estimate of drug-likeness (QED) is 0.681. The van der Waals surface area contributed by atoms with Gasteiger partial charge in [0.05, 0.1) is 5.60 Å². The minimum Gasteiger partial charge on any atom is -0.389 e. The number of nitrogens with one attached hydrogen (secondary N) is 2. The minimum atomic E-state index is -3.45. The highest BCUT2D eigenvalue weighted by atomic mass is 32.2. The van der Waals surface area contributed by atoms with Crippen molar-refractivity contribution in [1.82, 2.24) is 9.44 Å². The van der Waals surface area contributed by atoms with Gasteiger partial charge in [0.1, 0.15) is 0 Å². The normalized spacial score (nSPS) is 25.5.